The Hall–Kier alpha value is -1.24. The van der Waals surface area contributed by atoms with Crippen molar-refractivity contribution < 1.29 is 4.74 Å². The fourth-order valence-corrected chi connectivity index (χ4v) is 1.97. The van der Waals surface area contributed by atoms with Crippen molar-refractivity contribution in [2.24, 2.45) is 0 Å². The number of benzene rings is 1. The molecule has 0 amide bonds. The molecule has 0 atom stereocenters. The quantitative estimate of drug-likeness (QED) is 0.732. The average molecular weight is 218 g/mol. The van der Waals surface area contributed by atoms with Crippen LogP contribution < -0.4 is 4.74 Å². The van der Waals surface area contributed by atoms with Gasteiger partial charge in [-0.3, -0.25) is 0 Å². The topological polar surface area (TPSA) is 9.23 Å². The second-order valence-corrected chi connectivity index (χ2v) is 4.08. The molecule has 1 aromatic rings. The Morgan fingerprint density at radius 3 is 2.44 bits per heavy atom. The number of ether oxygens (including phenoxy) is 1. The zero-order chi connectivity index (χ0) is 12.1. The molecule has 0 spiro atoms. The summed E-state index contributed by atoms with van der Waals surface area (Å²) in [4.78, 5) is 0. The third-order valence-corrected chi connectivity index (χ3v) is 3.06. The maximum Gasteiger partial charge on any atom is 0.122 e. The molecular formula is C15H22O. The molecule has 0 bridgehead atoms. The highest BCUT2D eigenvalue weighted by Gasteiger charge is 2.10. The van der Waals surface area contributed by atoms with Gasteiger partial charge in [0, 0.05) is 5.56 Å². The number of aryl methyl sites for hydroxylation is 1. The van der Waals surface area contributed by atoms with E-state index in [0.29, 0.717) is 0 Å². The standard InChI is InChI=1S/C15H22O/c1-6-8-9-14-12(4)11(3)10-15(16-5)13(14)7-2/h8-10H,6-7H2,1-5H3/b9-8-. The smallest absolute Gasteiger partial charge is 0.122 e. The first-order valence-corrected chi connectivity index (χ1v) is 5.99. The second-order valence-electron chi connectivity index (χ2n) is 4.08. The van der Waals surface area contributed by atoms with Crippen LogP contribution in [0.1, 0.15) is 42.5 Å². The van der Waals surface area contributed by atoms with Crippen LogP contribution in [0.25, 0.3) is 6.08 Å². The molecule has 0 fully saturated rings. The molecule has 0 radical (unpaired) electrons. The summed E-state index contributed by atoms with van der Waals surface area (Å²) in [6, 6.07) is 2.14. The zero-order valence-electron chi connectivity index (χ0n) is 11.1. The van der Waals surface area contributed by atoms with Gasteiger partial charge in [-0.2, -0.15) is 0 Å². The Balaban J connectivity index is 3.40. The van der Waals surface area contributed by atoms with Gasteiger partial charge in [-0.25, -0.2) is 0 Å². The predicted molar refractivity (Wildman–Crippen MR) is 71.2 cm³/mol. The summed E-state index contributed by atoms with van der Waals surface area (Å²) in [6.07, 6.45) is 6.51. The highest BCUT2D eigenvalue weighted by molar-refractivity contribution is 5.63. The first-order chi connectivity index (χ1) is 7.65. The minimum absolute atomic E-state index is 1.01. The van der Waals surface area contributed by atoms with Gasteiger partial charge in [0.05, 0.1) is 7.11 Å². The first kappa shape index (κ1) is 12.8. The van der Waals surface area contributed by atoms with Crippen LogP contribution in [-0.2, 0) is 6.42 Å². The molecule has 0 heterocycles. The molecule has 0 unspecified atom stereocenters. The molecule has 0 saturated heterocycles. The van der Waals surface area contributed by atoms with Crippen molar-refractivity contribution in [1.29, 1.82) is 0 Å². The van der Waals surface area contributed by atoms with Crippen molar-refractivity contribution in [1.82, 2.24) is 0 Å². The summed E-state index contributed by atoms with van der Waals surface area (Å²) in [5.74, 6) is 1.02. The lowest BCUT2D eigenvalue weighted by molar-refractivity contribution is 0.409. The van der Waals surface area contributed by atoms with Gasteiger partial charge in [0.15, 0.2) is 0 Å². The minimum Gasteiger partial charge on any atom is -0.496 e. The highest BCUT2D eigenvalue weighted by atomic mass is 16.5. The summed E-state index contributed by atoms with van der Waals surface area (Å²) in [5.41, 5.74) is 5.31. The molecular weight excluding hydrogens is 196 g/mol. The lowest BCUT2D eigenvalue weighted by atomic mass is 9.94. The van der Waals surface area contributed by atoms with Crippen LogP contribution in [-0.4, -0.2) is 7.11 Å². The van der Waals surface area contributed by atoms with Gasteiger partial charge in [0.25, 0.3) is 0 Å². The monoisotopic (exact) mass is 218 g/mol. The summed E-state index contributed by atoms with van der Waals surface area (Å²) < 4.78 is 5.46. The Morgan fingerprint density at radius 2 is 1.94 bits per heavy atom. The van der Waals surface area contributed by atoms with E-state index in [1.807, 2.05) is 0 Å². The summed E-state index contributed by atoms with van der Waals surface area (Å²) >= 11 is 0. The zero-order valence-corrected chi connectivity index (χ0v) is 11.1. The van der Waals surface area contributed by atoms with E-state index in [4.69, 9.17) is 4.74 Å². The van der Waals surface area contributed by atoms with E-state index in [-0.39, 0.29) is 0 Å². The number of hydrogen-bond donors (Lipinski definition) is 0. The van der Waals surface area contributed by atoms with Crippen LogP contribution in [0.4, 0.5) is 0 Å². The van der Waals surface area contributed by atoms with Gasteiger partial charge in [0.2, 0.25) is 0 Å². The van der Waals surface area contributed by atoms with E-state index in [9.17, 15) is 0 Å². The van der Waals surface area contributed by atoms with E-state index in [1.54, 1.807) is 7.11 Å². The van der Waals surface area contributed by atoms with E-state index < -0.39 is 0 Å². The van der Waals surface area contributed by atoms with Gasteiger partial charge in [0.1, 0.15) is 5.75 Å². The predicted octanol–water partition coefficient (Wildman–Crippen LogP) is 4.30. The number of hydrogen-bond acceptors (Lipinski definition) is 1. The summed E-state index contributed by atoms with van der Waals surface area (Å²) in [6.45, 7) is 8.66. The van der Waals surface area contributed by atoms with Crippen LogP contribution >= 0.6 is 0 Å². The SMILES string of the molecule is CC/C=C\c1c(C)c(C)cc(OC)c1CC. The highest BCUT2D eigenvalue weighted by Crippen LogP contribution is 2.29. The van der Waals surface area contributed by atoms with Crippen LogP contribution in [0.15, 0.2) is 12.1 Å². The Labute approximate surface area is 99.1 Å². The van der Waals surface area contributed by atoms with Crippen molar-refractivity contribution >= 4 is 6.08 Å². The Morgan fingerprint density at radius 1 is 1.25 bits per heavy atom. The summed E-state index contributed by atoms with van der Waals surface area (Å²) in [7, 11) is 1.75. The van der Waals surface area contributed by atoms with Gasteiger partial charge in [-0.05, 0) is 49.4 Å². The van der Waals surface area contributed by atoms with E-state index in [2.05, 4.69) is 45.9 Å². The minimum atomic E-state index is 1.01. The average Bonchev–Trinajstić information content (AvgIpc) is 2.30. The van der Waals surface area contributed by atoms with Gasteiger partial charge in [-0.1, -0.05) is 26.0 Å². The number of allylic oxidation sites excluding steroid dienone is 1. The largest absolute Gasteiger partial charge is 0.496 e. The summed E-state index contributed by atoms with van der Waals surface area (Å²) in [5, 5.41) is 0. The molecule has 0 aliphatic heterocycles. The van der Waals surface area contributed by atoms with E-state index in [0.717, 1.165) is 18.6 Å². The molecule has 0 aliphatic rings. The maximum atomic E-state index is 5.46. The lowest BCUT2D eigenvalue weighted by Gasteiger charge is -2.15. The van der Waals surface area contributed by atoms with Crippen molar-refractivity contribution in [2.75, 3.05) is 7.11 Å². The number of methoxy groups -OCH3 is 1. The fourth-order valence-electron chi connectivity index (χ4n) is 1.97. The number of rotatable bonds is 4. The maximum absolute atomic E-state index is 5.46. The second kappa shape index (κ2) is 5.74. The van der Waals surface area contributed by atoms with Gasteiger partial charge >= 0.3 is 0 Å². The van der Waals surface area contributed by atoms with Crippen LogP contribution in [0.5, 0.6) is 5.75 Å². The molecule has 1 aromatic carbocycles. The molecule has 1 nitrogen and oxygen atoms in total. The molecule has 1 rings (SSSR count). The van der Waals surface area contributed by atoms with Crippen molar-refractivity contribution in [3.8, 4) is 5.75 Å². The first-order valence-electron chi connectivity index (χ1n) is 5.99. The van der Waals surface area contributed by atoms with Crippen LogP contribution in [0.3, 0.4) is 0 Å². The Bertz CT molecular complexity index is 389. The van der Waals surface area contributed by atoms with Gasteiger partial charge < -0.3 is 4.74 Å². The molecule has 1 heteroatoms. The van der Waals surface area contributed by atoms with Gasteiger partial charge in [-0.15, -0.1) is 0 Å². The molecule has 0 saturated carbocycles. The van der Waals surface area contributed by atoms with Crippen molar-refractivity contribution in [3.63, 3.8) is 0 Å². The van der Waals surface area contributed by atoms with E-state index >= 15 is 0 Å². The molecule has 0 aliphatic carbocycles. The van der Waals surface area contributed by atoms with Crippen LogP contribution in [0, 0.1) is 13.8 Å². The fraction of sp³-hybridized carbons (Fsp3) is 0.467. The molecule has 88 valence electrons. The third-order valence-electron chi connectivity index (χ3n) is 3.06. The third kappa shape index (κ3) is 2.46. The molecule has 0 N–H and O–H groups in total. The normalized spacial score (nSPS) is 11.1. The molecule has 0 aromatic heterocycles. The van der Waals surface area contributed by atoms with Crippen molar-refractivity contribution in [3.05, 3.63) is 34.4 Å². The van der Waals surface area contributed by atoms with E-state index in [1.165, 1.54) is 22.3 Å². The molecule has 16 heavy (non-hydrogen) atoms. The van der Waals surface area contributed by atoms with Crippen molar-refractivity contribution in [2.45, 2.75) is 40.5 Å². The lowest BCUT2D eigenvalue weighted by Crippen LogP contribution is -1.98. The Kier molecular flexibility index (Phi) is 4.60. The van der Waals surface area contributed by atoms with Crippen LogP contribution in [0.2, 0.25) is 0 Å².